The molecule has 106 valence electrons. The summed E-state index contributed by atoms with van der Waals surface area (Å²) in [5.41, 5.74) is 2.52. The molecule has 2 heterocycles. The van der Waals surface area contributed by atoms with Crippen LogP contribution in [0.4, 0.5) is 0 Å². The van der Waals surface area contributed by atoms with Crippen LogP contribution < -0.4 is 0 Å². The average Bonchev–Trinajstić information content (AvgIpc) is 3.08. The Morgan fingerprint density at radius 3 is 2.60 bits per heavy atom. The van der Waals surface area contributed by atoms with Gasteiger partial charge in [0.05, 0.1) is 0 Å². The second kappa shape index (κ2) is 5.37. The van der Waals surface area contributed by atoms with Crippen LogP contribution in [0.3, 0.4) is 0 Å². The van der Waals surface area contributed by atoms with Crippen LogP contribution in [-0.2, 0) is 7.05 Å². The molecular weight excluding hydrogens is 248 g/mol. The molecule has 1 atom stereocenters. The Bertz CT molecular complexity index is 596. The minimum absolute atomic E-state index is 0.478. The number of aryl methyl sites for hydroxylation is 2. The molecule has 1 fully saturated rings. The van der Waals surface area contributed by atoms with E-state index in [0.29, 0.717) is 6.04 Å². The summed E-state index contributed by atoms with van der Waals surface area (Å²) in [6, 6.07) is 9.19. The number of nitrogens with zero attached hydrogens (tertiary/aromatic N) is 4. The molecule has 0 radical (unpaired) electrons. The second-order valence-electron chi connectivity index (χ2n) is 5.65. The molecule has 0 aliphatic carbocycles. The fraction of sp³-hybridized carbons (Fsp3) is 0.500. The number of hydrogen-bond acceptors (Lipinski definition) is 3. The van der Waals surface area contributed by atoms with E-state index in [-0.39, 0.29) is 0 Å². The van der Waals surface area contributed by atoms with Gasteiger partial charge < -0.3 is 0 Å². The first-order valence-corrected chi connectivity index (χ1v) is 7.37. The van der Waals surface area contributed by atoms with E-state index in [4.69, 9.17) is 0 Å². The smallest absolute Gasteiger partial charge is 0.158 e. The average molecular weight is 270 g/mol. The molecule has 0 bridgehead atoms. The van der Waals surface area contributed by atoms with E-state index in [2.05, 4.69) is 46.2 Å². The highest BCUT2D eigenvalue weighted by atomic mass is 15.3. The van der Waals surface area contributed by atoms with E-state index in [1.807, 2.05) is 18.7 Å². The fourth-order valence-corrected chi connectivity index (χ4v) is 3.04. The van der Waals surface area contributed by atoms with Crippen molar-refractivity contribution in [3.05, 3.63) is 35.7 Å². The first-order chi connectivity index (χ1) is 9.65. The molecule has 1 aliphatic rings. The van der Waals surface area contributed by atoms with Crippen LogP contribution in [0.25, 0.3) is 11.4 Å². The van der Waals surface area contributed by atoms with Crippen LogP contribution in [0.2, 0.25) is 0 Å². The second-order valence-corrected chi connectivity index (χ2v) is 5.65. The summed E-state index contributed by atoms with van der Waals surface area (Å²) in [7, 11) is 1.95. The summed E-state index contributed by atoms with van der Waals surface area (Å²) in [6.45, 7) is 6.66. The van der Waals surface area contributed by atoms with E-state index in [0.717, 1.165) is 17.2 Å². The number of hydrogen-bond donors (Lipinski definition) is 0. The third-order valence-corrected chi connectivity index (χ3v) is 4.18. The van der Waals surface area contributed by atoms with Gasteiger partial charge in [-0.2, -0.15) is 5.10 Å². The minimum Gasteiger partial charge on any atom is -0.297 e. The SMILES string of the molecule is Cc1nc(-c2cccc([C@@H](C)N3CCCC3)c2)n(C)n1. The summed E-state index contributed by atoms with van der Waals surface area (Å²) >= 11 is 0. The molecule has 1 aromatic heterocycles. The molecule has 2 aromatic rings. The van der Waals surface area contributed by atoms with Crippen molar-refractivity contribution < 1.29 is 0 Å². The van der Waals surface area contributed by atoms with E-state index in [1.54, 1.807) is 0 Å². The van der Waals surface area contributed by atoms with Crippen molar-refractivity contribution in [2.24, 2.45) is 7.05 Å². The lowest BCUT2D eigenvalue weighted by Crippen LogP contribution is -2.23. The molecule has 0 unspecified atom stereocenters. The maximum absolute atomic E-state index is 4.52. The third-order valence-electron chi connectivity index (χ3n) is 4.18. The Kier molecular flexibility index (Phi) is 3.57. The van der Waals surface area contributed by atoms with Crippen molar-refractivity contribution in [3.8, 4) is 11.4 Å². The van der Waals surface area contributed by atoms with Crippen molar-refractivity contribution in [2.75, 3.05) is 13.1 Å². The zero-order chi connectivity index (χ0) is 14.1. The van der Waals surface area contributed by atoms with Crippen molar-refractivity contribution in [3.63, 3.8) is 0 Å². The van der Waals surface area contributed by atoms with Crippen LogP contribution in [0.1, 0.15) is 37.2 Å². The van der Waals surface area contributed by atoms with E-state index >= 15 is 0 Å². The summed E-state index contributed by atoms with van der Waals surface area (Å²) in [5, 5.41) is 4.33. The molecule has 1 aliphatic heterocycles. The molecule has 4 nitrogen and oxygen atoms in total. The van der Waals surface area contributed by atoms with Gasteiger partial charge in [-0.3, -0.25) is 4.90 Å². The number of aromatic nitrogens is 3. The van der Waals surface area contributed by atoms with E-state index in [9.17, 15) is 0 Å². The van der Waals surface area contributed by atoms with Gasteiger partial charge in [0.15, 0.2) is 5.82 Å². The van der Waals surface area contributed by atoms with Crippen molar-refractivity contribution in [1.29, 1.82) is 0 Å². The normalized spacial score (nSPS) is 17.6. The van der Waals surface area contributed by atoms with Crippen LogP contribution in [-0.4, -0.2) is 32.8 Å². The largest absolute Gasteiger partial charge is 0.297 e. The third kappa shape index (κ3) is 2.48. The molecule has 0 N–H and O–H groups in total. The Hall–Kier alpha value is -1.68. The van der Waals surface area contributed by atoms with Crippen LogP contribution >= 0.6 is 0 Å². The number of likely N-dealkylation sites (tertiary alicyclic amines) is 1. The molecule has 0 spiro atoms. The molecule has 0 saturated carbocycles. The van der Waals surface area contributed by atoms with Gasteiger partial charge in [-0.15, -0.1) is 0 Å². The van der Waals surface area contributed by atoms with Crippen molar-refractivity contribution >= 4 is 0 Å². The Morgan fingerprint density at radius 2 is 1.95 bits per heavy atom. The van der Waals surface area contributed by atoms with Crippen LogP contribution in [0.5, 0.6) is 0 Å². The van der Waals surface area contributed by atoms with Gasteiger partial charge in [-0.05, 0) is 51.4 Å². The van der Waals surface area contributed by atoms with Gasteiger partial charge in [-0.25, -0.2) is 9.67 Å². The van der Waals surface area contributed by atoms with E-state index < -0.39 is 0 Å². The maximum Gasteiger partial charge on any atom is 0.158 e. The molecule has 20 heavy (non-hydrogen) atoms. The Balaban J connectivity index is 1.91. The highest BCUT2D eigenvalue weighted by molar-refractivity contribution is 5.56. The Labute approximate surface area is 120 Å². The lowest BCUT2D eigenvalue weighted by atomic mass is 10.0. The van der Waals surface area contributed by atoms with Crippen molar-refractivity contribution in [2.45, 2.75) is 32.7 Å². The molecule has 4 heteroatoms. The molecular formula is C16H22N4. The lowest BCUT2D eigenvalue weighted by molar-refractivity contribution is 0.263. The summed E-state index contributed by atoms with van der Waals surface area (Å²) < 4.78 is 1.86. The standard InChI is InChI=1S/C16H22N4/c1-12(20-9-4-5-10-20)14-7-6-8-15(11-14)16-17-13(2)18-19(16)3/h6-8,11-12H,4-5,9-10H2,1-3H3/t12-/m1/s1. The highest BCUT2D eigenvalue weighted by Crippen LogP contribution is 2.27. The summed E-state index contributed by atoms with van der Waals surface area (Å²) in [4.78, 5) is 7.07. The zero-order valence-electron chi connectivity index (χ0n) is 12.5. The van der Waals surface area contributed by atoms with Gasteiger partial charge >= 0.3 is 0 Å². The first-order valence-electron chi connectivity index (χ1n) is 7.37. The highest BCUT2D eigenvalue weighted by Gasteiger charge is 2.20. The lowest BCUT2D eigenvalue weighted by Gasteiger charge is -2.24. The fourth-order valence-electron chi connectivity index (χ4n) is 3.04. The summed E-state index contributed by atoms with van der Waals surface area (Å²) in [6.07, 6.45) is 2.65. The van der Waals surface area contributed by atoms with Crippen molar-refractivity contribution in [1.82, 2.24) is 19.7 Å². The minimum atomic E-state index is 0.478. The topological polar surface area (TPSA) is 34.0 Å². The maximum atomic E-state index is 4.52. The number of rotatable bonds is 3. The molecule has 0 amide bonds. The van der Waals surface area contributed by atoms with Gasteiger partial charge in [0.2, 0.25) is 0 Å². The summed E-state index contributed by atoms with van der Waals surface area (Å²) in [5.74, 6) is 1.76. The molecule has 3 rings (SSSR count). The zero-order valence-corrected chi connectivity index (χ0v) is 12.5. The molecule has 1 saturated heterocycles. The van der Waals surface area contributed by atoms with E-state index in [1.165, 1.54) is 31.5 Å². The monoisotopic (exact) mass is 270 g/mol. The predicted molar refractivity (Wildman–Crippen MR) is 80.4 cm³/mol. The quantitative estimate of drug-likeness (QED) is 0.860. The Morgan fingerprint density at radius 1 is 1.20 bits per heavy atom. The van der Waals surface area contributed by atoms with Gasteiger partial charge in [0.1, 0.15) is 5.82 Å². The van der Waals surface area contributed by atoms with Crippen LogP contribution in [0.15, 0.2) is 24.3 Å². The van der Waals surface area contributed by atoms with Crippen LogP contribution in [0, 0.1) is 6.92 Å². The predicted octanol–water partition coefficient (Wildman–Crippen LogP) is 2.95. The van der Waals surface area contributed by atoms with Gasteiger partial charge in [0.25, 0.3) is 0 Å². The van der Waals surface area contributed by atoms with Gasteiger partial charge in [0, 0.05) is 18.7 Å². The van der Waals surface area contributed by atoms with Gasteiger partial charge in [-0.1, -0.05) is 18.2 Å². The molecule has 1 aromatic carbocycles. The first kappa shape index (κ1) is 13.3. The number of benzene rings is 1.